The van der Waals surface area contributed by atoms with Crippen LogP contribution in [-0.2, 0) is 9.59 Å². The maximum atomic E-state index is 11.8. The van der Waals surface area contributed by atoms with Crippen LogP contribution in [-0.4, -0.2) is 41.0 Å². The zero-order chi connectivity index (χ0) is 12.0. The number of nitrogens with two attached hydrogens (primary N) is 1. The highest BCUT2D eigenvalue weighted by Gasteiger charge is 2.31. The zero-order valence-electron chi connectivity index (χ0n) is 9.52. The fourth-order valence-electron chi connectivity index (χ4n) is 2.05. The average Bonchev–Trinajstić information content (AvgIpc) is 2.29. The lowest BCUT2D eigenvalue weighted by atomic mass is 10.0. The van der Waals surface area contributed by atoms with Crippen LogP contribution in [0.2, 0.25) is 0 Å². The molecule has 0 spiro atoms. The van der Waals surface area contributed by atoms with Crippen LogP contribution in [0.4, 0.5) is 0 Å². The number of unbranched alkanes of at least 4 members (excludes halogenated alkanes) is 1. The number of aliphatic carboxylic acids is 1. The van der Waals surface area contributed by atoms with Gasteiger partial charge in [-0.3, -0.25) is 4.79 Å². The standard InChI is InChI=1S/C11H20N2O3/c12-7-3-1-6-10(14)13-8-4-2-5-9(13)11(15)16/h9H,1-8,12H2,(H,15,16)/t9-/m1/s1. The number of carbonyl (C=O) groups is 2. The van der Waals surface area contributed by atoms with E-state index in [1.165, 1.54) is 4.90 Å². The molecule has 1 aliphatic rings. The highest BCUT2D eigenvalue weighted by molar-refractivity contribution is 5.83. The normalized spacial score (nSPS) is 20.8. The third-order valence-electron chi connectivity index (χ3n) is 2.95. The minimum Gasteiger partial charge on any atom is -0.480 e. The van der Waals surface area contributed by atoms with Crippen LogP contribution in [0.3, 0.4) is 0 Å². The summed E-state index contributed by atoms with van der Waals surface area (Å²) in [6.45, 7) is 1.16. The molecule has 0 aromatic carbocycles. The van der Waals surface area contributed by atoms with Crippen molar-refractivity contribution in [2.75, 3.05) is 13.1 Å². The van der Waals surface area contributed by atoms with Crippen LogP contribution in [0.5, 0.6) is 0 Å². The summed E-state index contributed by atoms with van der Waals surface area (Å²) in [5.74, 6) is -0.924. The summed E-state index contributed by atoms with van der Waals surface area (Å²) in [4.78, 5) is 24.3. The Morgan fingerprint density at radius 1 is 1.31 bits per heavy atom. The highest BCUT2D eigenvalue weighted by atomic mass is 16.4. The predicted octanol–water partition coefficient (Wildman–Crippen LogP) is 0.581. The van der Waals surface area contributed by atoms with Gasteiger partial charge in [-0.05, 0) is 38.6 Å². The van der Waals surface area contributed by atoms with E-state index in [-0.39, 0.29) is 5.91 Å². The second-order valence-corrected chi connectivity index (χ2v) is 4.18. The number of amides is 1. The van der Waals surface area contributed by atoms with Gasteiger partial charge in [0, 0.05) is 13.0 Å². The van der Waals surface area contributed by atoms with Crippen molar-refractivity contribution in [2.24, 2.45) is 5.73 Å². The van der Waals surface area contributed by atoms with E-state index in [9.17, 15) is 9.59 Å². The summed E-state index contributed by atoms with van der Waals surface area (Å²) in [6, 6.07) is -0.612. The Bertz CT molecular complexity index is 256. The molecule has 16 heavy (non-hydrogen) atoms. The summed E-state index contributed by atoms with van der Waals surface area (Å²) in [5.41, 5.74) is 5.35. The third kappa shape index (κ3) is 3.48. The number of hydrogen-bond acceptors (Lipinski definition) is 3. The zero-order valence-corrected chi connectivity index (χ0v) is 9.52. The average molecular weight is 228 g/mol. The van der Waals surface area contributed by atoms with Gasteiger partial charge < -0.3 is 15.7 Å². The van der Waals surface area contributed by atoms with Crippen molar-refractivity contribution >= 4 is 11.9 Å². The molecular weight excluding hydrogens is 208 g/mol. The van der Waals surface area contributed by atoms with E-state index in [4.69, 9.17) is 10.8 Å². The van der Waals surface area contributed by atoms with Crippen LogP contribution in [0.25, 0.3) is 0 Å². The Kier molecular flexibility index (Phi) is 5.25. The van der Waals surface area contributed by atoms with Gasteiger partial charge in [-0.15, -0.1) is 0 Å². The number of carbonyl (C=O) groups excluding carboxylic acids is 1. The molecule has 5 heteroatoms. The second kappa shape index (κ2) is 6.48. The largest absolute Gasteiger partial charge is 0.480 e. The van der Waals surface area contributed by atoms with Crippen LogP contribution in [0.15, 0.2) is 0 Å². The van der Waals surface area contributed by atoms with Gasteiger partial charge in [0.15, 0.2) is 0 Å². The number of hydrogen-bond donors (Lipinski definition) is 2. The molecule has 0 aromatic heterocycles. The van der Waals surface area contributed by atoms with Crippen LogP contribution in [0, 0.1) is 0 Å². The molecule has 1 heterocycles. The van der Waals surface area contributed by atoms with Gasteiger partial charge in [-0.25, -0.2) is 4.79 Å². The molecule has 3 N–H and O–H groups in total. The van der Waals surface area contributed by atoms with Gasteiger partial charge >= 0.3 is 5.97 Å². The first-order chi connectivity index (χ1) is 7.66. The Morgan fingerprint density at radius 2 is 2.06 bits per heavy atom. The number of carboxylic acids is 1. The molecule has 1 fully saturated rings. The highest BCUT2D eigenvalue weighted by Crippen LogP contribution is 2.18. The van der Waals surface area contributed by atoms with Crippen LogP contribution >= 0.6 is 0 Å². The van der Waals surface area contributed by atoms with Crippen LogP contribution < -0.4 is 5.73 Å². The lowest BCUT2D eigenvalue weighted by Gasteiger charge is -2.33. The number of carboxylic acid groups (broad SMARTS) is 1. The summed E-state index contributed by atoms with van der Waals surface area (Å²) in [6.07, 6.45) is 4.37. The van der Waals surface area contributed by atoms with Gasteiger partial charge in [-0.2, -0.15) is 0 Å². The van der Waals surface area contributed by atoms with E-state index in [0.717, 1.165) is 25.7 Å². The molecule has 0 radical (unpaired) electrons. The molecule has 0 saturated carbocycles. The molecule has 1 amide bonds. The van der Waals surface area contributed by atoms with E-state index in [1.54, 1.807) is 0 Å². The summed E-state index contributed by atoms with van der Waals surface area (Å²) < 4.78 is 0. The molecule has 1 rings (SSSR count). The molecule has 0 unspecified atom stereocenters. The van der Waals surface area contributed by atoms with Crippen LogP contribution in [0.1, 0.15) is 38.5 Å². The summed E-state index contributed by atoms with van der Waals surface area (Å²) in [5, 5.41) is 9.02. The van der Waals surface area contributed by atoms with Crippen molar-refractivity contribution in [3.8, 4) is 0 Å². The predicted molar refractivity (Wildman–Crippen MR) is 59.9 cm³/mol. The van der Waals surface area contributed by atoms with Crippen molar-refractivity contribution in [1.82, 2.24) is 4.90 Å². The van der Waals surface area contributed by atoms with E-state index < -0.39 is 12.0 Å². The number of piperidine rings is 1. The smallest absolute Gasteiger partial charge is 0.326 e. The minimum atomic E-state index is -0.883. The molecule has 1 aliphatic heterocycles. The molecule has 92 valence electrons. The van der Waals surface area contributed by atoms with Crippen molar-refractivity contribution in [1.29, 1.82) is 0 Å². The molecule has 1 atom stereocenters. The van der Waals surface area contributed by atoms with E-state index in [1.807, 2.05) is 0 Å². The van der Waals surface area contributed by atoms with Gasteiger partial charge in [0.1, 0.15) is 6.04 Å². The van der Waals surface area contributed by atoms with Gasteiger partial charge in [0.25, 0.3) is 0 Å². The lowest BCUT2D eigenvalue weighted by molar-refractivity contribution is -0.152. The Morgan fingerprint density at radius 3 is 2.69 bits per heavy atom. The lowest BCUT2D eigenvalue weighted by Crippen LogP contribution is -2.47. The van der Waals surface area contributed by atoms with E-state index in [0.29, 0.717) is 25.9 Å². The number of rotatable bonds is 5. The second-order valence-electron chi connectivity index (χ2n) is 4.18. The third-order valence-corrected chi connectivity index (χ3v) is 2.95. The van der Waals surface area contributed by atoms with Gasteiger partial charge in [0.2, 0.25) is 5.91 Å². The van der Waals surface area contributed by atoms with Gasteiger partial charge in [-0.1, -0.05) is 0 Å². The minimum absolute atomic E-state index is 0.0412. The molecule has 0 aromatic rings. The van der Waals surface area contributed by atoms with Crippen molar-refractivity contribution < 1.29 is 14.7 Å². The van der Waals surface area contributed by atoms with Crippen molar-refractivity contribution in [3.63, 3.8) is 0 Å². The molecular formula is C11H20N2O3. The summed E-state index contributed by atoms with van der Waals surface area (Å²) in [7, 11) is 0. The number of likely N-dealkylation sites (tertiary alicyclic amines) is 1. The maximum absolute atomic E-state index is 11.8. The van der Waals surface area contributed by atoms with Gasteiger partial charge in [0.05, 0.1) is 0 Å². The molecule has 5 nitrogen and oxygen atoms in total. The monoisotopic (exact) mass is 228 g/mol. The van der Waals surface area contributed by atoms with E-state index >= 15 is 0 Å². The quantitative estimate of drug-likeness (QED) is 0.674. The summed E-state index contributed by atoms with van der Waals surface area (Å²) >= 11 is 0. The first kappa shape index (κ1) is 13.0. The first-order valence-corrected chi connectivity index (χ1v) is 5.89. The molecule has 0 aliphatic carbocycles. The van der Waals surface area contributed by atoms with E-state index in [2.05, 4.69) is 0 Å². The van der Waals surface area contributed by atoms with Crippen molar-refractivity contribution in [3.05, 3.63) is 0 Å². The SMILES string of the molecule is NCCCCC(=O)N1CCCC[C@@H]1C(=O)O. The Balaban J connectivity index is 2.47. The topological polar surface area (TPSA) is 83.6 Å². The maximum Gasteiger partial charge on any atom is 0.326 e. The Hall–Kier alpha value is -1.10. The Labute approximate surface area is 95.6 Å². The van der Waals surface area contributed by atoms with Crippen molar-refractivity contribution in [2.45, 2.75) is 44.6 Å². The molecule has 0 bridgehead atoms. The fourth-order valence-corrected chi connectivity index (χ4v) is 2.05. The first-order valence-electron chi connectivity index (χ1n) is 5.89. The molecule has 1 saturated heterocycles. The number of nitrogens with zero attached hydrogens (tertiary/aromatic N) is 1. The fraction of sp³-hybridized carbons (Fsp3) is 0.818.